The Morgan fingerprint density at radius 3 is 2.78 bits per heavy atom. The van der Waals surface area contributed by atoms with Crippen LogP contribution < -0.4 is 5.32 Å². The molecule has 1 spiro atoms. The van der Waals surface area contributed by atoms with E-state index in [2.05, 4.69) is 48.7 Å². The van der Waals surface area contributed by atoms with Gasteiger partial charge in [0.15, 0.2) is 0 Å². The van der Waals surface area contributed by atoms with Gasteiger partial charge in [0, 0.05) is 29.7 Å². The molecule has 7 aliphatic rings. The van der Waals surface area contributed by atoms with Crippen LogP contribution in [0.4, 0.5) is 5.69 Å². The third-order valence-corrected chi connectivity index (χ3v) is 16.3. The second kappa shape index (κ2) is 9.20. The molecule has 4 N–H and O–H groups in total. The summed E-state index contributed by atoms with van der Waals surface area (Å²) in [7, 11) is 5.59. The largest absolute Gasteiger partial charge is 0.512 e. The number of benzene rings is 1. The lowest BCUT2D eigenvalue weighted by Crippen LogP contribution is -2.60. The third-order valence-electron chi connectivity index (χ3n) is 13.8. The van der Waals surface area contributed by atoms with E-state index in [0.717, 1.165) is 36.5 Å². The Bertz CT molecular complexity index is 1300. The standard InChI is InChI=1S/C34H45NO4S2/c1-19(36)26-18-41-40-17-22-15-32-11-9-21-16-33(31(32,2)29(21)30-27(37)14-28(39-3)34(30,33)38)10-5-8-25(32)24(22)13-20-6-4-7-23(12-20)35-26/h4-8,12,14,19,21-22,24-26,28-30,35-38H,9-11,13,15-18H2,1-3H3/t19-,21-,22-,24+,25+,26-,28-,29-,30-,31+,32-,33-,34+/m0/s1. The van der Waals surface area contributed by atoms with Gasteiger partial charge in [-0.1, -0.05) is 52.8 Å². The van der Waals surface area contributed by atoms with Crippen LogP contribution in [-0.2, 0) is 11.2 Å². The average Bonchev–Trinajstić information content (AvgIpc) is 3.49. The molecule has 8 rings (SSSR count). The quantitative estimate of drug-likeness (QED) is 0.238. The first-order valence-corrected chi connectivity index (χ1v) is 18.3. The van der Waals surface area contributed by atoms with E-state index in [1.54, 1.807) is 7.11 Å². The van der Waals surface area contributed by atoms with Crippen molar-refractivity contribution in [1.82, 2.24) is 0 Å². The normalized spacial score (nSPS) is 51.8. The maximum Gasteiger partial charge on any atom is 0.111 e. The van der Waals surface area contributed by atoms with Crippen LogP contribution in [0.2, 0.25) is 0 Å². The molecule has 222 valence electrons. The van der Waals surface area contributed by atoms with E-state index in [1.807, 2.05) is 34.6 Å². The highest BCUT2D eigenvalue weighted by Crippen LogP contribution is 2.88. The predicted octanol–water partition coefficient (Wildman–Crippen LogP) is 6.24. The van der Waals surface area contributed by atoms with E-state index in [-0.39, 0.29) is 28.2 Å². The summed E-state index contributed by atoms with van der Waals surface area (Å²) >= 11 is 0. The molecule has 0 aromatic heterocycles. The fraction of sp³-hybridized carbons (Fsp3) is 0.706. The topological polar surface area (TPSA) is 82.0 Å². The number of fused-ring (bicyclic) bond motifs is 5. The Morgan fingerprint density at radius 2 is 1.98 bits per heavy atom. The first-order valence-electron chi connectivity index (χ1n) is 15.8. The molecule has 6 bridgehead atoms. The highest BCUT2D eigenvalue weighted by molar-refractivity contribution is 8.76. The summed E-state index contributed by atoms with van der Waals surface area (Å²) in [6, 6.07) is 8.93. The maximum absolute atomic E-state index is 12.8. The lowest BCUT2D eigenvalue weighted by atomic mass is 9.45. The van der Waals surface area contributed by atoms with Crippen LogP contribution in [0.25, 0.3) is 0 Å². The van der Waals surface area contributed by atoms with Crippen LogP contribution in [-0.4, -0.2) is 57.8 Å². The monoisotopic (exact) mass is 595 g/mol. The molecule has 1 aromatic carbocycles. The van der Waals surface area contributed by atoms with Gasteiger partial charge < -0.3 is 25.4 Å². The van der Waals surface area contributed by atoms with Gasteiger partial charge in [0.05, 0.1) is 23.8 Å². The van der Waals surface area contributed by atoms with E-state index in [4.69, 9.17) is 4.74 Å². The summed E-state index contributed by atoms with van der Waals surface area (Å²) in [5.74, 6) is 4.60. The molecule has 0 amide bonds. The minimum atomic E-state index is -1.05. The Morgan fingerprint density at radius 1 is 1.15 bits per heavy atom. The summed E-state index contributed by atoms with van der Waals surface area (Å²) < 4.78 is 5.97. The van der Waals surface area contributed by atoms with Crippen molar-refractivity contribution in [3.63, 3.8) is 0 Å². The second-order valence-electron chi connectivity index (χ2n) is 14.8. The van der Waals surface area contributed by atoms with Gasteiger partial charge in [0.1, 0.15) is 11.7 Å². The Kier molecular flexibility index (Phi) is 6.15. The highest BCUT2D eigenvalue weighted by Gasteiger charge is 2.88. The molecule has 13 atom stereocenters. The smallest absolute Gasteiger partial charge is 0.111 e. The van der Waals surface area contributed by atoms with Gasteiger partial charge in [0.25, 0.3) is 0 Å². The minimum absolute atomic E-state index is 0.0203. The van der Waals surface area contributed by atoms with Crippen molar-refractivity contribution < 1.29 is 20.1 Å². The van der Waals surface area contributed by atoms with Gasteiger partial charge in [-0.15, -0.1) is 0 Å². The van der Waals surface area contributed by atoms with Crippen molar-refractivity contribution in [2.24, 2.45) is 51.8 Å². The van der Waals surface area contributed by atoms with Gasteiger partial charge in [0.2, 0.25) is 0 Å². The van der Waals surface area contributed by atoms with Crippen LogP contribution >= 0.6 is 21.6 Å². The van der Waals surface area contributed by atoms with E-state index in [9.17, 15) is 15.3 Å². The van der Waals surface area contributed by atoms with Gasteiger partial charge >= 0.3 is 0 Å². The van der Waals surface area contributed by atoms with Gasteiger partial charge in [-0.25, -0.2) is 0 Å². The number of hydrogen-bond donors (Lipinski definition) is 4. The van der Waals surface area contributed by atoms with Crippen LogP contribution in [0.3, 0.4) is 0 Å². The molecule has 1 aliphatic heterocycles. The Hall–Kier alpha value is -1.12. The van der Waals surface area contributed by atoms with Gasteiger partial charge in [-0.2, -0.15) is 0 Å². The number of hydrogen-bond acceptors (Lipinski definition) is 7. The summed E-state index contributed by atoms with van der Waals surface area (Å²) in [6.45, 7) is 4.44. The Labute approximate surface area is 252 Å². The van der Waals surface area contributed by atoms with Crippen molar-refractivity contribution in [3.8, 4) is 0 Å². The molecule has 5 nitrogen and oxygen atoms in total. The van der Waals surface area contributed by atoms with E-state index in [0.29, 0.717) is 35.3 Å². The minimum Gasteiger partial charge on any atom is -0.512 e. The predicted molar refractivity (Wildman–Crippen MR) is 167 cm³/mol. The number of anilines is 1. The van der Waals surface area contributed by atoms with Crippen LogP contribution in [0.1, 0.15) is 51.5 Å². The molecule has 41 heavy (non-hydrogen) atoms. The molecule has 4 saturated carbocycles. The molecule has 1 aromatic rings. The van der Waals surface area contributed by atoms with Crippen molar-refractivity contribution >= 4 is 27.3 Å². The summed E-state index contributed by atoms with van der Waals surface area (Å²) in [4.78, 5) is 0. The fourth-order valence-corrected chi connectivity index (χ4v) is 15.2. The van der Waals surface area contributed by atoms with E-state index in [1.165, 1.54) is 24.8 Å². The summed E-state index contributed by atoms with van der Waals surface area (Å²) in [5, 5.41) is 38.3. The SMILES string of the molecule is CO[C@H]1C=C(O)[C@H]2[C@@H]3[C@H]4CC[C@]56C[C@H]7CSSC[C@@H]([C@H](C)O)Nc8cccc(c8)C[C@H]7[C@H]5C=CC[C@@](C4)([C@@]12O)[C@]36C. The summed E-state index contributed by atoms with van der Waals surface area (Å²) in [5.41, 5.74) is 1.18. The molecule has 0 saturated heterocycles. The zero-order chi connectivity index (χ0) is 28.4. The number of methoxy groups -OCH3 is 1. The van der Waals surface area contributed by atoms with Crippen molar-refractivity contribution in [2.75, 3.05) is 23.9 Å². The number of allylic oxidation sites excluding steroid dienone is 2. The fourth-order valence-electron chi connectivity index (χ4n) is 12.4. The number of rotatable bonds is 2. The maximum atomic E-state index is 12.8. The lowest BCUT2D eigenvalue weighted by molar-refractivity contribution is -0.189. The number of ether oxygens (including phenoxy) is 1. The number of aliphatic hydroxyl groups excluding tert-OH is 2. The number of nitrogens with one attached hydrogen (secondary N) is 1. The van der Waals surface area contributed by atoms with Crippen LogP contribution in [0.15, 0.2) is 48.3 Å². The lowest BCUT2D eigenvalue weighted by Gasteiger charge is -2.58. The molecule has 0 unspecified atom stereocenters. The first-order chi connectivity index (χ1) is 19.7. The van der Waals surface area contributed by atoms with Crippen molar-refractivity contribution in [3.05, 3.63) is 53.8 Å². The average molecular weight is 596 g/mol. The van der Waals surface area contributed by atoms with E-state index < -0.39 is 17.8 Å². The van der Waals surface area contributed by atoms with E-state index >= 15 is 0 Å². The molecule has 7 heteroatoms. The molecular formula is C34H45NO4S2. The molecule has 6 aliphatic carbocycles. The zero-order valence-corrected chi connectivity index (χ0v) is 26.1. The van der Waals surface area contributed by atoms with Crippen LogP contribution in [0, 0.1) is 51.8 Å². The third kappa shape index (κ3) is 3.23. The van der Waals surface area contributed by atoms with Gasteiger partial charge in [-0.05, 0) is 110 Å². The van der Waals surface area contributed by atoms with Crippen LogP contribution in [0.5, 0.6) is 0 Å². The number of aliphatic hydroxyl groups is 3. The van der Waals surface area contributed by atoms with Crippen molar-refractivity contribution in [1.29, 1.82) is 0 Å². The first kappa shape index (κ1) is 27.4. The zero-order valence-electron chi connectivity index (χ0n) is 24.5. The highest BCUT2D eigenvalue weighted by atomic mass is 33.1. The second-order valence-corrected chi connectivity index (χ2v) is 17.3. The molecular weight excluding hydrogens is 551 g/mol. The summed E-state index contributed by atoms with van der Waals surface area (Å²) in [6.07, 6.45) is 12.6. The molecule has 1 heterocycles. The van der Waals surface area contributed by atoms with Gasteiger partial charge in [-0.3, -0.25) is 0 Å². The molecule has 4 fully saturated rings. The Balaban J connectivity index is 1.24. The van der Waals surface area contributed by atoms with Crippen molar-refractivity contribution in [2.45, 2.75) is 76.2 Å². The molecule has 0 radical (unpaired) electrons.